The van der Waals surface area contributed by atoms with Gasteiger partial charge in [-0.2, -0.15) is 0 Å². The predicted molar refractivity (Wildman–Crippen MR) is 153 cm³/mol. The molecule has 1 fully saturated rings. The first-order valence-electron chi connectivity index (χ1n) is 14.1. The van der Waals surface area contributed by atoms with Gasteiger partial charge in [0.25, 0.3) is 0 Å². The Kier molecular flexibility index (Phi) is 12.1. The van der Waals surface area contributed by atoms with Gasteiger partial charge < -0.3 is 14.5 Å². The maximum atomic E-state index is 13.2. The standard InChI is InChI=1S/C30H45N3O4S/c1-4-6-24-37-30(34)33(20-5-2)28-18-22-32(23-19-28)21-17-27(26-13-9-7-10-14-26)25-31(3)38(35,36)29-15-11-8-12-16-29/h7-16,27-28H,4-6,17-25H2,1-3H3. The lowest BCUT2D eigenvalue weighted by molar-refractivity contribution is 0.0636. The van der Waals surface area contributed by atoms with Crippen LogP contribution in [0.2, 0.25) is 0 Å². The zero-order valence-corrected chi connectivity index (χ0v) is 24.1. The maximum absolute atomic E-state index is 13.2. The normalized spacial score (nSPS) is 15.9. The molecule has 0 N–H and O–H groups in total. The van der Waals surface area contributed by atoms with Gasteiger partial charge in [0, 0.05) is 39.3 Å². The van der Waals surface area contributed by atoms with Gasteiger partial charge in [0.1, 0.15) is 0 Å². The van der Waals surface area contributed by atoms with Crippen LogP contribution >= 0.6 is 0 Å². The highest BCUT2D eigenvalue weighted by Gasteiger charge is 2.29. The van der Waals surface area contributed by atoms with Crippen molar-refractivity contribution in [2.45, 2.75) is 69.2 Å². The summed E-state index contributed by atoms with van der Waals surface area (Å²) in [5.41, 5.74) is 1.15. The largest absolute Gasteiger partial charge is 0.449 e. The molecule has 1 aliphatic heterocycles. The monoisotopic (exact) mass is 543 g/mol. The van der Waals surface area contributed by atoms with Crippen LogP contribution in [0.3, 0.4) is 0 Å². The summed E-state index contributed by atoms with van der Waals surface area (Å²) in [6, 6.07) is 19.0. The van der Waals surface area contributed by atoms with E-state index < -0.39 is 10.0 Å². The number of unbranched alkanes of at least 4 members (excludes halogenated alkanes) is 1. The van der Waals surface area contributed by atoms with Crippen molar-refractivity contribution in [2.75, 3.05) is 46.4 Å². The van der Waals surface area contributed by atoms with E-state index in [2.05, 4.69) is 30.9 Å². The summed E-state index contributed by atoms with van der Waals surface area (Å²) >= 11 is 0. The highest BCUT2D eigenvalue weighted by Crippen LogP contribution is 2.26. The van der Waals surface area contributed by atoms with Crippen LogP contribution in [-0.2, 0) is 14.8 Å². The van der Waals surface area contributed by atoms with Crippen LogP contribution in [0.4, 0.5) is 4.79 Å². The number of likely N-dealkylation sites (tertiary alicyclic amines) is 1. The number of hydrogen-bond acceptors (Lipinski definition) is 5. The van der Waals surface area contributed by atoms with Gasteiger partial charge in [-0.3, -0.25) is 0 Å². The lowest BCUT2D eigenvalue weighted by Crippen LogP contribution is -2.48. The topological polar surface area (TPSA) is 70.2 Å². The molecule has 1 unspecified atom stereocenters. The van der Waals surface area contributed by atoms with E-state index in [0.29, 0.717) is 18.0 Å². The SMILES string of the molecule is CCCCOC(=O)N(CCC)C1CCN(CCC(CN(C)S(=O)(=O)c2ccccc2)c2ccccc2)CC1. The van der Waals surface area contributed by atoms with Crippen LogP contribution in [-0.4, -0.2) is 81.0 Å². The average molecular weight is 544 g/mol. The van der Waals surface area contributed by atoms with Crippen LogP contribution < -0.4 is 0 Å². The van der Waals surface area contributed by atoms with E-state index in [0.717, 1.165) is 70.3 Å². The second-order valence-corrected chi connectivity index (χ2v) is 12.3. The number of likely N-dealkylation sites (N-methyl/N-ethyl adjacent to an activating group) is 1. The Morgan fingerprint density at radius 3 is 2.24 bits per heavy atom. The Morgan fingerprint density at radius 1 is 1.00 bits per heavy atom. The van der Waals surface area contributed by atoms with E-state index in [1.54, 1.807) is 31.3 Å². The number of benzene rings is 2. The number of ether oxygens (including phenoxy) is 1. The van der Waals surface area contributed by atoms with Gasteiger partial charge in [0.2, 0.25) is 10.0 Å². The fraction of sp³-hybridized carbons (Fsp3) is 0.567. The van der Waals surface area contributed by atoms with Crippen molar-refractivity contribution in [1.82, 2.24) is 14.1 Å². The first-order chi connectivity index (χ1) is 18.4. The van der Waals surface area contributed by atoms with Crippen LogP contribution in [0.25, 0.3) is 0 Å². The first-order valence-corrected chi connectivity index (χ1v) is 15.5. The van der Waals surface area contributed by atoms with Gasteiger partial charge in [0.05, 0.1) is 11.5 Å². The first kappa shape index (κ1) is 30.1. The number of carbonyl (C=O) groups excluding carboxylic acids is 1. The molecule has 0 bridgehead atoms. The van der Waals surface area contributed by atoms with E-state index in [1.165, 1.54) is 4.31 Å². The number of piperidine rings is 1. The number of hydrogen-bond donors (Lipinski definition) is 0. The minimum Gasteiger partial charge on any atom is -0.449 e. The van der Waals surface area contributed by atoms with Gasteiger partial charge in [0.15, 0.2) is 0 Å². The van der Waals surface area contributed by atoms with Gasteiger partial charge in [-0.15, -0.1) is 0 Å². The summed E-state index contributed by atoms with van der Waals surface area (Å²) in [4.78, 5) is 17.4. The third-order valence-corrected chi connectivity index (χ3v) is 9.25. The molecule has 0 aromatic heterocycles. The maximum Gasteiger partial charge on any atom is 0.410 e. The molecular formula is C30H45N3O4S. The van der Waals surface area contributed by atoms with E-state index in [9.17, 15) is 13.2 Å². The summed E-state index contributed by atoms with van der Waals surface area (Å²) in [5, 5.41) is 0. The summed E-state index contributed by atoms with van der Waals surface area (Å²) in [7, 11) is -1.88. The van der Waals surface area contributed by atoms with Crippen LogP contribution in [0.5, 0.6) is 0 Å². The molecule has 2 aromatic rings. The van der Waals surface area contributed by atoms with E-state index >= 15 is 0 Å². The molecule has 38 heavy (non-hydrogen) atoms. The third kappa shape index (κ3) is 8.55. The molecule has 1 amide bonds. The number of amides is 1. The summed E-state index contributed by atoms with van der Waals surface area (Å²) in [5.74, 6) is 0.0857. The van der Waals surface area contributed by atoms with Crippen molar-refractivity contribution in [3.8, 4) is 0 Å². The van der Waals surface area contributed by atoms with Gasteiger partial charge in [-0.05, 0) is 62.3 Å². The zero-order chi connectivity index (χ0) is 27.4. The molecule has 0 aliphatic carbocycles. The van der Waals surface area contributed by atoms with Crippen LogP contribution in [0, 0.1) is 0 Å². The van der Waals surface area contributed by atoms with E-state index in [4.69, 9.17) is 4.74 Å². The summed E-state index contributed by atoms with van der Waals surface area (Å²) < 4.78 is 33.3. The Balaban J connectivity index is 1.59. The molecule has 0 radical (unpaired) electrons. The molecule has 7 nitrogen and oxygen atoms in total. The minimum atomic E-state index is -3.55. The second-order valence-electron chi connectivity index (χ2n) is 10.2. The van der Waals surface area contributed by atoms with E-state index in [-0.39, 0.29) is 18.1 Å². The molecule has 1 atom stereocenters. The van der Waals surface area contributed by atoms with Crippen molar-refractivity contribution in [3.05, 3.63) is 66.2 Å². The molecule has 0 saturated carbocycles. The van der Waals surface area contributed by atoms with Crippen molar-refractivity contribution < 1.29 is 17.9 Å². The quantitative estimate of drug-likeness (QED) is 0.290. The summed E-state index contributed by atoms with van der Waals surface area (Å²) in [6.07, 6.45) is 5.38. The Hall–Kier alpha value is -2.42. The Labute approximate surface area is 229 Å². The third-order valence-electron chi connectivity index (χ3n) is 7.41. The lowest BCUT2D eigenvalue weighted by atomic mass is 9.94. The molecule has 0 spiro atoms. The molecule has 1 aliphatic rings. The fourth-order valence-electron chi connectivity index (χ4n) is 5.11. The fourth-order valence-corrected chi connectivity index (χ4v) is 6.35. The smallest absolute Gasteiger partial charge is 0.410 e. The minimum absolute atomic E-state index is 0.0857. The van der Waals surface area contributed by atoms with E-state index in [1.807, 2.05) is 29.2 Å². The molecule has 3 rings (SSSR count). The number of nitrogens with zero attached hydrogens (tertiary/aromatic N) is 3. The zero-order valence-electron chi connectivity index (χ0n) is 23.3. The molecule has 8 heteroatoms. The molecule has 2 aromatic carbocycles. The van der Waals surface area contributed by atoms with Crippen LogP contribution in [0.15, 0.2) is 65.6 Å². The van der Waals surface area contributed by atoms with Crippen LogP contribution in [0.1, 0.15) is 63.9 Å². The lowest BCUT2D eigenvalue weighted by Gasteiger charge is -2.38. The number of rotatable bonds is 14. The van der Waals surface area contributed by atoms with Gasteiger partial charge in [-0.1, -0.05) is 68.8 Å². The average Bonchev–Trinajstić information content (AvgIpc) is 2.95. The van der Waals surface area contributed by atoms with Crippen molar-refractivity contribution in [1.29, 1.82) is 0 Å². The molecule has 210 valence electrons. The molecule has 1 heterocycles. The highest BCUT2D eigenvalue weighted by atomic mass is 32.2. The van der Waals surface area contributed by atoms with Gasteiger partial charge >= 0.3 is 6.09 Å². The predicted octanol–water partition coefficient (Wildman–Crippen LogP) is 5.59. The second kappa shape index (κ2) is 15.2. The summed E-state index contributed by atoms with van der Waals surface area (Å²) in [6.45, 7) is 8.57. The number of sulfonamides is 1. The molecular weight excluding hydrogens is 498 g/mol. The highest BCUT2D eigenvalue weighted by molar-refractivity contribution is 7.89. The van der Waals surface area contributed by atoms with Crippen molar-refractivity contribution in [2.24, 2.45) is 0 Å². The van der Waals surface area contributed by atoms with Crippen molar-refractivity contribution >= 4 is 16.1 Å². The Morgan fingerprint density at radius 2 is 1.63 bits per heavy atom. The molecule has 1 saturated heterocycles. The van der Waals surface area contributed by atoms with Crippen molar-refractivity contribution in [3.63, 3.8) is 0 Å². The Bertz CT molecular complexity index is 1060. The number of carbonyl (C=O) groups is 1. The van der Waals surface area contributed by atoms with Gasteiger partial charge in [-0.25, -0.2) is 17.5 Å².